The lowest BCUT2D eigenvalue weighted by Crippen LogP contribution is -2.33. The first-order valence-electron chi connectivity index (χ1n) is 10.1. The van der Waals surface area contributed by atoms with Crippen LogP contribution in [0.15, 0.2) is 48.0 Å². The molecule has 0 unspecified atom stereocenters. The second kappa shape index (κ2) is 8.41. The first-order chi connectivity index (χ1) is 13.2. The average Bonchev–Trinajstić information content (AvgIpc) is 3.34. The number of aryl methyl sites for hydroxylation is 1. The van der Waals surface area contributed by atoms with E-state index in [4.69, 9.17) is 5.41 Å². The van der Waals surface area contributed by atoms with Gasteiger partial charge in [0, 0.05) is 35.8 Å². The topological polar surface area (TPSA) is 30.3 Å². The van der Waals surface area contributed by atoms with Crippen LogP contribution in [0.4, 0.5) is 5.69 Å². The predicted octanol–water partition coefficient (Wildman–Crippen LogP) is 5.11. The Morgan fingerprint density at radius 3 is 2.70 bits per heavy atom. The van der Waals surface area contributed by atoms with Gasteiger partial charge in [-0.1, -0.05) is 24.8 Å². The van der Waals surface area contributed by atoms with E-state index >= 15 is 0 Å². The van der Waals surface area contributed by atoms with Gasteiger partial charge in [0.15, 0.2) is 0 Å². The Kier molecular flexibility index (Phi) is 5.74. The molecule has 0 radical (unpaired) electrons. The number of nitrogens with one attached hydrogen (secondary N) is 1. The maximum absolute atomic E-state index is 8.38. The van der Waals surface area contributed by atoms with Crippen molar-refractivity contribution in [2.45, 2.75) is 38.5 Å². The molecule has 1 N–H and O–H groups in total. The van der Waals surface area contributed by atoms with Gasteiger partial charge < -0.3 is 15.2 Å². The molecule has 0 bridgehead atoms. The Bertz CT molecular complexity index is 803. The molecule has 1 fully saturated rings. The largest absolute Gasteiger partial charge is 0.344 e. The third kappa shape index (κ3) is 4.33. The molecule has 3 nitrogen and oxygen atoms in total. The lowest BCUT2D eigenvalue weighted by molar-refractivity contribution is 0.347. The van der Waals surface area contributed by atoms with Crippen LogP contribution in [0, 0.1) is 5.41 Å². The number of hydrogen-bond acceptors (Lipinski definition) is 4. The van der Waals surface area contributed by atoms with Crippen molar-refractivity contribution in [1.29, 1.82) is 5.41 Å². The van der Waals surface area contributed by atoms with Crippen LogP contribution in [0.5, 0.6) is 0 Å². The summed E-state index contributed by atoms with van der Waals surface area (Å²) in [5.41, 5.74) is 5.98. The summed E-state index contributed by atoms with van der Waals surface area (Å²) in [4.78, 5) is 6.11. The van der Waals surface area contributed by atoms with E-state index in [1.54, 1.807) is 11.3 Å². The van der Waals surface area contributed by atoms with Gasteiger partial charge in [0.1, 0.15) is 0 Å². The molecule has 1 aromatic heterocycles. The second-order valence-electron chi connectivity index (χ2n) is 7.72. The van der Waals surface area contributed by atoms with Gasteiger partial charge in [-0.05, 0) is 73.8 Å². The predicted molar refractivity (Wildman–Crippen MR) is 116 cm³/mol. The number of likely N-dealkylation sites (tertiary alicyclic amines) is 1. The molecule has 0 aliphatic carbocycles. The minimum atomic E-state index is 0.711. The number of allylic oxidation sites excluding steroid dienone is 1. The number of thiophene rings is 1. The van der Waals surface area contributed by atoms with Gasteiger partial charge in [-0.15, -0.1) is 11.3 Å². The molecule has 2 aromatic rings. The second-order valence-corrected chi connectivity index (χ2v) is 8.66. The monoisotopic (exact) mass is 379 g/mol. The summed E-state index contributed by atoms with van der Waals surface area (Å²) in [7, 11) is 0. The zero-order chi connectivity index (χ0) is 18.6. The smallest absolute Gasteiger partial charge is 0.0529 e. The van der Waals surface area contributed by atoms with Crippen molar-refractivity contribution in [3.63, 3.8) is 0 Å². The van der Waals surface area contributed by atoms with Crippen LogP contribution in [-0.2, 0) is 12.8 Å². The number of benzene rings is 1. The van der Waals surface area contributed by atoms with E-state index < -0.39 is 0 Å². The summed E-state index contributed by atoms with van der Waals surface area (Å²) >= 11 is 1.65. The fourth-order valence-corrected chi connectivity index (χ4v) is 4.94. The van der Waals surface area contributed by atoms with Gasteiger partial charge >= 0.3 is 0 Å². The van der Waals surface area contributed by atoms with Gasteiger partial charge in [0.2, 0.25) is 0 Å². The Morgan fingerprint density at radius 1 is 1.07 bits per heavy atom. The molecule has 0 spiro atoms. The molecule has 27 heavy (non-hydrogen) atoms. The minimum Gasteiger partial charge on any atom is -0.344 e. The summed E-state index contributed by atoms with van der Waals surface area (Å²) < 4.78 is 0. The van der Waals surface area contributed by atoms with Crippen molar-refractivity contribution in [3.05, 3.63) is 64.0 Å². The van der Waals surface area contributed by atoms with Crippen molar-refractivity contribution >= 4 is 22.7 Å². The molecule has 0 atom stereocenters. The Hall–Kier alpha value is -1.91. The highest BCUT2D eigenvalue weighted by atomic mass is 32.1. The summed E-state index contributed by atoms with van der Waals surface area (Å²) in [6, 6.07) is 10.9. The molecule has 2 aliphatic heterocycles. The average molecular weight is 380 g/mol. The van der Waals surface area contributed by atoms with Crippen molar-refractivity contribution < 1.29 is 0 Å². The molecule has 142 valence electrons. The van der Waals surface area contributed by atoms with Crippen molar-refractivity contribution in [3.8, 4) is 0 Å². The number of nitrogens with zero attached hydrogens (tertiary/aromatic N) is 2. The molecule has 1 aromatic carbocycles. The van der Waals surface area contributed by atoms with E-state index in [1.165, 1.54) is 48.4 Å². The molecule has 0 saturated carbocycles. The third-order valence-electron chi connectivity index (χ3n) is 5.77. The van der Waals surface area contributed by atoms with E-state index in [2.05, 4.69) is 34.6 Å². The molecule has 0 amide bonds. The molecule has 1 saturated heterocycles. The molecular weight excluding hydrogens is 350 g/mol. The Morgan fingerprint density at radius 2 is 1.93 bits per heavy atom. The van der Waals surface area contributed by atoms with Gasteiger partial charge in [0.25, 0.3) is 0 Å². The SMILES string of the molecule is C=C1CCCc2cc(CC(=N)c3cccs3)ccc2N1CCN1CCCC1. The molecule has 3 heterocycles. The summed E-state index contributed by atoms with van der Waals surface area (Å²) in [6.45, 7) is 9.04. The van der Waals surface area contributed by atoms with Crippen LogP contribution in [0.3, 0.4) is 0 Å². The summed E-state index contributed by atoms with van der Waals surface area (Å²) in [5, 5.41) is 10.4. The van der Waals surface area contributed by atoms with E-state index in [0.29, 0.717) is 12.1 Å². The van der Waals surface area contributed by atoms with Crippen molar-refractivity contribution in [2.75, 3.05) is 31.1 Å². The highest BCUT2D eigenvalue weighted by Crippen LogP contribution is 2.32. The van der Waals surface area contributed by atoms with E-state index in [1.807, 2.05) is 17.5 Å². The van der Waals surface area contributed by atoms with Gasteiger partial charge in [-0.25, -0.2) is 0 Å². The zero-order valence-electron chi connectivity index (χ0n) is 16.0. The van der Waals surface area contributed by atoms with Crippen LogP contribution in [-0.4, -0.2) is 36.8 Å². The Labute approximate surface area is 166 Å². The van der Waals surface area contributed by atoms with Crippen molar-refractivity contribution in [2.24, 2.45) is 0 Å². The molecule has 4 heteroatoms. The first kappa shape index (κ1) is 18.5. The highest BCUT2D eigenvalue weighted by Gasteiger charge is 2.20. The summed E-state index contributed by atoms with van der Waals surface area (Å²) in [5.74, 6) is 0. The molecule has 4 rings (SSSR count). The lowest BCUT2D eigenvalue weighted by atomic mass is 10.0. The summed E-state index contributed by atoms with van der Waals surface area (Å²) in [6.07, 6.45) is 6.75. The van der Waals surface area contributed by atoms with Crippen LogP contribution in [0.1, 0.15) is 41.7 Å². The van der Waals surface area contributed by atoms with Crippen LogP contribution in [0.2, 0.25) is 0 Å². The Balaban J connectivity index is 1.51. The number of anilines is 1. The number of hydrogen-bond donors (Lipinski definition) is 1. The van der Waals surface area contributed by atoms with Gasteiger partial charge in [0.05, 0.1) is 5.71 Å². The fourth-order valence-electron chi connectivity index (χ4n) is 4.27. The third-order valence-corrected chi connectivity index (χ3v) is 6.70. The maximum atomic E-state index is 8.38. The maximum Gasteiger partial charge on any atom is 0.0529 e. The first-order valence-corrected chi connectivity index (χ1v) is 11.0. The van der Waals surface area contributed by atoms with Gasteiger partial charge in [-0.2, -0.15) is 0 Å². The van der Waals surface area contributed by atoms with E-state index in [-0.39, 0.29) is 0 Å². The van der Waals surface area contributed by atoms with Crippen LogP contribution < -0.4 is 4.90 Å². The van der Waals surface area contributed by atoms with Crippen LogP contribution >= 0.6 is 11.3 Å². The zero-order valence-corrected chi connectivity index (χ0v) is 16.9. The normalized spacial score (nSPS) is 17.8. The van der Waals surface area contributed by atoms with Crippen LogP contribution in [0.25, 0.3) is 0 Å². The van der Waals surface area contributed by atoms with Crippen molar-refractivity contribution in [1.82, 2.24) is 4.90 Å². The standard InChI is InChI=1S/C23H29N3S/c1-18-6-4-7-20-16-19(17-21(24)23-8-5-15-27-23)9-10-22(20)26(18)14-13-25-11-2-3-12-25/h5,8-10,15-16,24H,1-4,6-7,11-14,17H2. The highest BCUT2D eigenvalue weighted by molar-refractivity contribution is 7.12. The van der Waals surface area contributed by atoms with E-state index in [0.717, 1.165) is 37.2 Å². The quantitative estimate of drug-likeness (QED) is 0.707. The van der Waals surface area contributed by atoms with E-state index in [9.17, 15) is 0 Å². The van der Waals surface area contributed by atoms with Gasteiger partial charge in [-0.3, -0.25) is 0 Å². The molecule has 2 aliphatic rings. The minimum absolute atomic E-state index is 0.711. The number of rotatable bonds is 6. The lowest BCUT2D eigenvalue weighted by Gasteiger charge is -2.29. The molecular formula is C23H29N3S. The fraction of sp³-hybridized carbons (Fsp3) is 0.435. The number of fused-ring (bicyclic) bond motifs is 1.